The number of pyridine rings is 1. The monoisotopic (exact) mass is 555 g/mol. The van der Waals surface area contributed by atoms with Gasteiger partial charge < -0.3 is 4.43 Å². The summed E-state index contributed by atoms with van der Waals surface area (Å²) in [6.07, 6.45) is 7.30. The summed E-state index contributed by atoms with van der Waals surface area (Å²) in [6, 6.07) is 21.5. The van der Waals surface area contributed by atoms with Gasteiger partial charge in [0.05, 0.1) is 4.88 Å². The first-order valence-corrected chi connectivity index (χ1v) is 17.4. The number of aromatic nitrogens is 1. The van der Waals surface area contributed by atoms with Crippen LogP contribution in [0, 0.1) is 17.7 Å². The minimum absolute atomic E-state index is 0.184. The van der Waals surface area contributed by atoms with Crippen LogP contribution in [0.1, 0.15) is 49.6 Å². The zero-order chi connectivity index (χ0) is 27.9. The highest BCUT2D eigenvalue weighted by Gasteiger charge is 2.36. The van der Waals surface area contributed by atoms with Gasteiger partial charge in [-0.1, -0.05) is 75.1 Å². The second kappa shape index (κ2) is 12.9. The maximum atomic E-state index is 13.8. The van der Waals surface area contributed by atoms with Gasteiger partial charge in [0.25, 0.3) is 0 Å². The summed E-state index contributed by atoms with van der Waals surface area (Å²) in [7, 11) is -1.79. The number of aryl methyl sites for hydroxylation is 1. The smallest absolute Gasteiger partial charge is 0.192 e. The topological polar surface area (TPSA) is 22.1 Å². The van der Waals surface area contributed by atoms with E-state index in [-0.39, 0.29) is 10.9 Å². The molecule has 0 fully saturated rings. The van der Waals surface area contributed by atoms with Gasteiger partial charge in [-0.15, -0.1) is 11.3 Å². The SMILES string of the molecule is CC(C)(C)[Si](C)(C)OCCC#Cc1sc(-c2ccc(F)cc2)c(-c2ccncc2)c1CCCc1ccccc1. The van der Waals surface area contributed by atoms with Crippen molar-refractivity contribution in [2.45, 2.75) is 64.6 Å². The summed E-state index contributed by atoms with van der Waals surface area (Å²) < 4.78 is 20.2. The van der Waals surface area contributed by atoms with E-state index in [1.807, 2.05) is 24.5 Å². The van der Waals surface area contributed by atoms with Crippen molar-refractivity contribution in [3.8, 4) is 33.4 Å². The molecule has 0 radical (unpaired) electrons. The lowest BCUT2D eigenvalue weighted by molar-refractivity contribution is 0.296. The summed E-state index contributed by atoms with van der Waals surface area (Å²) in [5.41, 5.74) is 5.91. The zero-order valence-electron chi connectivity index (χ0n) is 23.7. The molecular weight excluding hydrogens is 518 g/mol. The lowest BCUT2D eigenvalue weighted by atomic mass is 9.94. The fourth-order valence-electron chi connectivity index (χ4n) is 4.26. The summed E-state index contributed by atoms with van der Waals surface area (Å²) in [5.74, 6) is 6.69. The van der Waals surface area contributed by atoms with Crippen molar-refractivity contribution in [1.29, 1.82) is 0 Å². The summed E-state index contributed by atoms with van der Waals surface area (Å²) in [4.78, 5) is 6.45. The molecule has 2 aromatic heterocycles. The highest BCUT2D eigenvalue weighted by Crippen LogP contribution is 2.43. The molecule has 5 heteroatoms. The Labute approximate surface area is 238 Å². The number of rotatable bonds is 9. The maximum Gasteiger partial charge on any atom is 0.192 e. The average molecular weight is 556 g/mol. The Bertz CT molecular complexity index is 1410. The van der Waals surface area contributed by atoms with Crippen molar-refractivity contribution in [3.05, 3.63) is 101 Å². The van der Waals surface area contributed by atoms with E-state index >= 15 is 0 Å². The number of hydrogen-bond donors (Lipinski definition) is 0. The zero-order valence-corrected chi connectivity index (χ0v) is 25.5. The molecule has 202 valence electrons. The van der Waals surface area contributed by atoms with Crippen LogP contribution in [0.3, 0.4) is 0 Å². The number of thiophene rings is 1. The van der Waals surface area contributed by atoms with Crippen LogP contribution in [0.5, 0.6) is 0 Å². The van der Waals surface area contributed by atoms with Gasteiger partial charge in [-0.3, -0.25) is 4.98 Å². The fourth-order valence-corrected chi connectivity index (χ4v) is 6.56. The van der Waals surface area contributed by atoms with Crippen LogP contribution >= 0.6 is 11.3 Å². The van der Waals surface area contributed by atoms with Crippen LogP contribution in [0.4, 0.5) is 4.39 Å². The summed E-state index contributed by atoms with van der Waals surface area (Å²) in [6.45, 7) is 12.0. The van der Waals surface area contributed by atoms with E-state index in [1.54, 1.807) is 11.3 Å². The molecule has 0 amide bonds. The largest absolute Gasteiger partial charge is 0.416 e. The van der Waals surface area contributed by atoms with Crippen molar-refractivity contribution in [2.24, 2.45) is 0 Å². The Balaban J connectivity index is 1.68. The fraction of sp³-hybridized carbons (Fsp3) is 0.324. The maximum absolute atomic E-state index is 13.8. The third kappa shape index (κ3) is 7.54. The van der Waals surface area contributed by atoms with Gasteiger partial charge in [0.1, 0.15) is 5.82 Å². The standard InChI is InChI=1S/C34H38FNOSSi/c1-34(2,3)39(4,5)37-25-10-9-16-31-30(15-11-14-26-12-7-6-8-13-26)32(27-21-23-36-24-22-27)33(38-31)28-17-19-29(35)20-18-28/h6-8,12-13,17-24H,10-11,14-15,25H2,1-5H3. The van der Waals surface area contributed by atoms with Gasteiger partial charge in [-0.2, -0.15) is 0 Å². The summed E-state index contributed by atoms with van der Waals surface area (Å²) in [5, 5.41) is 0.184. The molecule has 4 rings (SSSR count). The first-order chi connectivity index (χ1) is 18.7. The van der Waals surface area contributed by atoms with Crippen molar-refractivity contribution in [2.75, 3.05) is 6.61 Å². The van der Waals surface area contributed by atoms with Crippen LogP contribution in [0.25, 0.3) is 21.6 Å². The molecule has 4 aromatic rings. The van der Waals surface area contributed by atoms with Gasteiger partial charge in [0.2, 0.25) is 0 Å². The second-order valence-electron chi connectivity index (χ2n) is 11.4. The second-order valence-corrected chi connectivity index (χ2v) is 17.2. The van der Waals surface area contributed by atoms with Gasteiger partial charge in [0, 0.05) is 35.9 Å². The van der Waals surface area contributed by atoms with E-state index in [9.17, 15) is 4.39 Å². The molecule has 39 heavy (non-hydrogen) atoms. The van der Waals surface area contributed by atoms with Crippen molar-refractivity contribution >= 4 is 19.7 Å². The van der Waals surface area contributed by atoms with Gasteiger partial charge in [0.15, 0.2) is 8.32 Å². The number of halogens is 1. The van der Waals surface area contributed by atoms with Gasteiger partial charge >= 0.3 is 0 Å². The normalized spacial score (nSPS) is 11.7. The first-order valence-electron chi connectivity index (χ1n) is 13.6. The van der Waals surface area contributed by atoms with Crippen LogP contribution in [-0.2, 0) is 17.3 Å². The third-order valence-electron chi connectivity index (χ3n) is 7.52. The van der Waals surface area contributed by atoms with Crippen molar-refractivity contribution in [1.82, 2.24) is 4.98 Å². The third-order valence-corrected chi connectivity index (χ3v) is 13.3. The molecule has 0 saturated heterocycles. The number of benzene rings is 2. The predicted octanol–water partition coefficient (Wildman–Crippen LogP) is 9.55. The van der Waals surface area contributed by atoms with E-state index < -0.39 is 8.32 Å². The van der Waals surface area contributed by atoms with Crippen molar-refractivity contribution < 1.29 is 8.82 Å². The highest BCUT2D eigenvalue weighted by molar-refractivity contribution is 7.17. The molecular formula is C34H38FNOSSi. The number of nitrogens with zero attached hydrogens (tertiary/aromatic N) is 1. The number of hydrogen-bond acceptors (Lipinski definition) is 3. The molecule has 0 aliphatic rings. The molecule has 2 aromatic carbocycles. The molecule has 0 spiro atoms. The average Bonchev–Trinajstić information content (AvgIpc) is 3.27. The van der Waals surface area contributed by atoms with E-state index in [2.05, 4.69) is 93.2 Å². The molecule has 0 N–H and O–H groups in total. The molecule has 2 heterocycles. The molecule has 0 atom stereocenters. The summed E-state index contributed by atoms with van der Waals surface area (Å²) >= 11 is 1.71. The molecule has 0 aliphatic carbocycles. The Morgan fingerprint density at radius 1 is 0.897 bits per heavy atom. The first kappa shape index (κ1) is 29.0. The highest BCUT2D eigenvalue weighted by atomic mass is 32.1. The lowest BCUT2D eigenvalue weighted by Crippen LogP contribution is -2.40. The molecule has 0 bridgehead atoms. The van der Waals surface area contributed by atoms with Crippen LogP contribution in [-0.4, -0.2) is 19.9 Å². The Kier molecular flexibility index (Phi) is 9.56. The van der Waals surface area contributed by atoms with Gasteiger partial charge in [-0.25, -0.2) is 4.39 Å². The molecule has 0 saturated carbocycles. The Morgan fingerprint density at radius 3 is 2.26 bits per heavy atom. The minimum Gasteiger partial charge on any atom is -0.416 e. The Morgan fingerprint density at radius 2 is 1.59 bits per heavy atom. The minimum atomic E-state index is -1.79. The van der Waals surface area contributed by atoms with Crippen LogP contribution in [0.2, 0.25) is 18.1 Å². The van der Waals surface area contributed by atoms with Gasteiger partial charge in [-0.05, 0) is 83.9 Å². The Hall–Kier alpha value is -3.04. The van der Waals surface area contributed by atoms with E-state index in [0.29, 0.717) is 13.0 Å². The van der Waals surface area contributed by atoms with E-state index in [1.165, 1.54) is 28.8 Å². The van der Waals surface area contributed by atoms with E-state index in [4.69, 9.17) is 4.43 Å². The molecule has 0 unspecified atom stereocenters. The molecule has 0 aliphatic heterocycles. The molecule has 2 nitrogen and oxygen atoms in total. The van der Waals surface area contributed by atoms with E-state index in [0.717, 1.165) is 40.1 Å². The van der Waals surface area contributed by atoms with Crippen molar-refractivity contribution in [3.63, 3.8) is 0 Å². The predicted molar refractivity (Wildman–Crippen MR) is 166 cm³/mol. The van der Waals surface area contributed by atoms with Crippen LogP contribution < -0.4 is 0 Å². The lowest BCUT2D eigenvalue weighted by Gasteiger charge is -2.35. The quantitative estimate of drug-likeness (QED) is 0.117. The van der Waals surface area contributed by atoms with Crippen LogP contribution in [0.15, 0.2) is 79.1 Å².